The molecule has 0 aliphatic carbocycles. The van der Waals surface area contributed by atoms with Gasteiger partial charge in [0.2, 0.25) is 0 Å². The van der Waals surface area contributed by atoms with Gasteiger partial charge in [0.05, 0.1) is 0 Å². The van der Waals surface area contributed by atoms with Crippen molar-refractivity contribution in [3.63, 3.8) is 0 Å². The Labute approximate surface area is 79.2 Å². The number of hydrogen-bond donors (Lipinski definition) is 1. The Balaban J connectivity index is 2.76. The third kappa shape index (κ3) is 2.28. The Morgan fingerprint density at radius 1 is 1.38 bits per heavy atom. The minimum atomic E-state index is 0.215. The molecule has 4 nitrogen and oxygen atoms in total. The zero-order valence-electron chi connectivity index (χ0n) is 8.78. The van der Waals surface area contributed by atoms with Crippen molar-refractivity contribution < 1.29 is 0 Å². The smallest absolute Gasteiger partial charge is 0.135 e. The van der Waals surface area contributed by atoms with Gasteiger partial charge in [0, 0.05) is 19.0 Å². The molecule has 0 bridgehead atoms. The van der Waals surface area contributed by atoms with Gasteiger partial charge in [-0.3, -0.25) is 0 Å². The van der Waals surface area contributed by atoms with Gasteiger partial charge >= 0.3 is 0 Å². The van der Waals surface area contributed by atoms with Crippen LogP contribution in [-0.4, -0.2) is 20.8 Å². The molecule has 0 amide bonds. The molecule has 13 heavy (non-hydrogen) atoms. The molecule has 1 heterocycles. The van der Waals surface area contributed by atoms with Crippen molar-refractivity contribution in [3.8, 4) is 0 Å². The highest BCUT2D eigenvalue weighted by atomic mass is 15.3. The maximum absolute atomic E-state index is 5.73. The topological polar surface area (TPSA) is 56.7 Å². The molecule has 0 fully saturated rings. The zero-order valence-corrected chi connectivity index (χ0v) is 8.78. The molecule has 0 aromatic carbocycles. The summed E-state index contributed by atoms with van der Waals surface area (Å²) in [6.07, 6.45) is 0.950. The van der Waals surface area contributed by atoms with Crippen molar-refractivity contribution in [1.82, 2.24) is 14.8 Å². The van der Waals surface area contributed by atoms with Crippen LogP contribution in [0.4, 0.5) is 0 Å². The highest BCUT2D eigenvalue weighted by Crippen LogP contribution is 2.17. The third-order valence-corrected chi connectivity index (χ3v) is 2.29. The molecule has 1 rings (SSSR count). The largest absolute Gasteiger partial charge is 0.328 e. The van der Waals surface area contributed by atoms with E-state index >= 15 is 0 Å². The molecule has 2 atom stereocenters. The summed E-state index contributed by atoms with van der Waals surface area (Å²) in [6.45, 7) is 6.10. The van der Waals surface area contributed by atoms with Crippen LogP contribution in [0.1, 0.15) is 37.8 Å². The van der Waals surface area contributed by atoms with E-state index in [0.29, 0.717) is 5.92 Å². The van der Waals surface area contributed by atoms with Crippen LogP contribution in [0.25, 0.3) is 0 Å². The van der Waals surface area contributed by atoms with E-state index in [1.165, 1.54) is 0 Å². The maximum atomic E-state index is 5.73. The molecule has 0 aliphatic rings. The fourth-order valence-electron chi connectivity index (χ4n) is 1.52. The fraction of sp³-hybridized carbons (Fsp3) is 0.778. The van der Waals surface area contributed by atoms with E-state index in [-0.39, 0.29) is 6.04 Å². The van der Waals surface area contributed by atoms with E-state index in [2.05, 4.69) is 17.1 Å². The summed E-state index contributed by atoms with van der Waals surface area (Å²) in [6, 6.07) is 0.215. The van der Waals surface area contributed by atoms with Crippen molar-refractivity contribution in [2.75, 3.05) is 0 Å². The Morgan fingerprint density at radius 3 is 2.38 bits per heavy atom. The van der Waals surface area contributed by atoms with Crippen LogP contribution < -0.4 is 5.73 Å². The minimum absolute atomic E-state index is 0.215. The summed E-state index contributed by atoms with van der Waals surface area (Å²) in [5, 5.41) is 8.14. The van der Waals surface area contributed by atoms with Crippen molar-refractivity contribution in [1.29, 1.82) is 0 Å². The fourth-order valence-corrected chi connectivity index (χ4v) is 1.52. The van der Waals surface area contributed by atoms with E-state index < -0.39 is 0 Å². The Bertz CT molecular complexity index is 277. The monoisotopic (exact) mass is 182 g/mol. The first-order valence-corrected chi connectivity index (χ1v) is 4.63. The number of rotatable bonds is 3. The molecule has 0 aliphatic heterocycles. The predicted octanol–water partition coefficient (Wildman–Crippen LogP) is 0.964. The first-order valence-electron chi connectivity index (χ1n) is 4.63. The Morgan fingerprint density at radius 2 is 2.00 bits per heavy atom. The molecule has 0 saturated carbocycles. The van der Waals surface area contributed by atoms with Gasteiger partial charge in [0.25, 0.3) is 0 Å². The third-order valence-electron chi connectivity index (χ3n) is 2.29. The Hall–Kier alpha value is -0.900. The molecular weight excluding hydrogens is 164 g/mol. The Kier molecular flexibility index (Phi) is 3.03. The van der Waals surface area contributed by atoms with Gasteiger partial charge in [-0.15, -0.1) is 10.2 Å². The first kappa shape index (κ1) is 10.2. The lowest BCUT2D eigenvalue weighted by Crippen LogP contribution is -2.19. The highest BCUT2D eigenvalue weighted by molar-refractivity contribution is 4.99. The van der Waals surface area contributed by atoms with Crippen molar-refractivity contribution in [2.45, 2.75) is 39.2 Å². The van der Waals surface area contributed by atoms with E-state index in [0.717, 1.165) is 18.1 Å². The van der Waals surface area contributed by atoms with Crippen molar-refractivity contribution in [2.24, 2.45) is 12.8 Å². The van der Waals surface area contributed by atoms with Crippen LogP contribution in [0.3, 0.4) is 0 Å². The zero-order chi connectivity index (χ0) is 10.0. The molecule has 2 unspecified atom stereocenters. The molecule has 0 spiro atoms. The SMILES string of the molecule is Cc1nnc(C(C)CC(C)N)n1C. The number of nitrogens with two attached hydrogens (primary N) is 1. The molecule has 1 aromatic heterocycles. The summed E-state index contributed by atoms with van der Waals surface area (Å²) in [5.74, 6) is 2.35. The quantitative estimate of drug-likeness (QED) is 0.757. The average Bonchev–Trinajstić information content (AvgIpc) is 2.31. The van der Waals surface area contributed by atoms with E-state index in [1.807, 2.05) is 25.5 Å². The maximum Gasteiger partial charge on any atom is 0.135 e. The first-order chi connectivity index (χ1) is 6.02. The van der Waals surface area contributed by atoms with Gasteiger partial charge in [-0.2, -0.15) is 0 Å². The highest BCUT2D eigenvalue weighted by Gasteiger charge is 2.14. The molecule has 1 aromatic rings. The molecule has 0 saturated heterocycles. The van der Waals surface area contributed by atoms with Crippen LogP contribution in [0.15, 0.2) is 0 Å². The molecule has 0 radical (unpaired) electrons. The molecule has 74 valence electrons. The number of aryl methyl sites for hydroxylation is 1. The molecule has 4 heteroatoms. The molecular formula is C9H18N4. The summed E-state index contributed by atoms with van der Waals surface area (Å²) in [5.41, 5.74) is 5.73. The van der Waals surface area contributed by atoms with Crippen molar-refractivity contribution in [3.05, 3.63) is 11.6 Å². The normalized spacial score (nSPS) is 15.8. The second-order valence-electron chi connectivity index (χ2n) is 3.78. The standard InChI is InChI=1S/C9H18N4/c1-6(5-7(2)10)9-12-11-8(3)13(9)4/h6-7H,5,10H2,1-4H3. The second-order valence-corrected chi connectivity index (χ2v) is 3.78. The van der Waals surface area contributed by atoms with E-state index in [4.69, 9.17) is 5.73 Å². The predicted molar refractivity (Wildman–Crippen MR) is 52.4 cm³/mol. The number of aromatic nitrogens is 3. The summed E-state index contributed by atoms with van der Waals surface area (Å²) < 4.78 is 2.02. The van der Waals surface area contributed by atoms with Gasteiger partial charge in [-0.25, -0.2) is 0 Å². The molecule has 2 N–H and O–H groups in total. The second kappa shape index (κ2) is 3.87. The lowest BCUT2D eigenvalue weighted by Gasteiger charge is -2.12. The van der Waals surface area contributed by atoms with Crippen molar-refractivity contribution >= 4 is 0 Å². The number of hydrogen-bond acceptors (Lipinski definition) is 3. The lowest BCUT2D eigenvalue weighted by molar-refractivity contribution is 0.546. The van der Waals surface area contributed by atoms with Crippen LogP contribution >= 0.6 is 0 Å². The average molecular weight is 182 g/mol. The summed E-state index contributed by atoms with van der Waals surface area (Å²) in [4.78, 5) is 0. The van der Waals surface area contributed by atoms with Gasteiger partial charge < -0.3 is 10.3 Å². The summed E-state index contributed by atoms with van der Waals surface area (Å²) in [7, 11) is 1.99. The van der Waals surface area contributed by atoms with Gasteiger partial charge in [-0.05, 0) is 20.3 Å². The van der Waals surface area contributed by atoms with Crippen LogP contribution in [0, 0.1) is 6.92 Å². The lowest BCUT2D eigenvalue weighted by atomic mass is 10.0. The van der Waals surface area contributed by atoms with E-state index in [1.54, 1.807) is 0 Å². The van der Waals surface area contributed by atoms with Gasteiger partial charge in [-0.1, -0.05) is 6.92 Å². The van der Waals surface area contributed by atoms with Crippen LogP contribution in [0.5, 0.6) is 0 Å². The summed E-state index contributed by atoms with van der Waals surface area (Å²) >= 11 is 0. The number of nitrogens with zero attached hydrogens (tertiary/aromatic N) is 3. The van der Waals surface area contributed by atoms with Gasteiger partial charge in [0.1, 0.15) is 11.6 Å². The van der Waals surface area contributed by atoms with Crippen LogP contribution in [0.2, 0.25) is 0 Å². The minimum Gasteiger partial charge on any atom is -0.328 e. The van der Waals surface area contributed by atoms with Gasteiger partial charge in [0.15, 0.2) is 0 Å². The van der Waals surface area contributed by atoms with E-state index in [9.17, 15) is 0 Å². The van der Waals surface area contributed by atoms with Crippen LogP contribution in [-0.2, 0) is 7.05 Å².